The number of nitrogens with one attached hydrogen (secondary N) is 1. The molecule has 1 fully saturated rings. The van der Waals surface area contributed by atoms with Gasteiger partial charge >= 0.3 is 0 Å². The number of nitrogens with zero attached hydrogens (tertiary/aromatic N) is 1. The van der Waals surface area contributed by atoms with Crippen molar-refractivity contribution in [2.75, 3.05) is 19.8 Å². The van der Waals surface area contributed by atoms with Gasteiger partial charge < -0.3 is 14.8 Å². The SMILES string of the molecule is CCNCc1cnc(C)cc1OC1CCOC1. The van der Waals surface area contributed by atoms with Gasteiger partial charge in [-0.15, -0.1) is 0 Å². The fourth-order valence-corrected chi connectivity index (χ4v) is 1.85. The summed E-state index contributed by atoms with van der Waals surface area (Å²) in [4.78, 5) is 4.32. The second-order valence-electron chi connectivity index (χ2n) is 4.32. The number of aromatic nitrogens is 1. The van der Waals surface area contributed by atoms with Crippen LogP contribution in [-0.2, 0) is 11.3 Å². The molecule has 17 heavy (non-hydrogen) atoms. The summed E-state index contributed by atoms with van der Waals surface area (Å²) in [5, 5.41) is 3.30. The van der Waals surface area contributed by atoms with Crippen LogP contribution in [0, 0.1) is 6.92 Å². The molecular weight excluding hydrogens is 216 g/mol. The van der Waals surface area contributed by atoms with Crippen molar-refractivity contribution in [3.05, 3.63) is 23.5 Å². The second kappa shape index (κ2) is 5.98. The van der Waals surface area contributed by atoms with E-state index < -0.39 is 0 Å². The molecule has 4 nitrogen and oxygen atoms in total. The number of rotatable bonds is 5. The summed E-state index contributed by atoms with van der Waals surface area (Å²) in [5.74, 6) is 0.939. The van der Waals surface area contributed by atoms with Crippen LogP contribution in [-0.4, -0.2) is 30.8 Å². The van der Waals surface area contributed by atoms with Gasteiger partial charge in [0.25, 0.3) is 0 Å². The quantitative estimate of drug-likeness (QED) is 0.844. The van der Waals surface area contributed by atoms with Crippen LogP contribution in [0.4, 0.5) is 0 Å². The van der Waals surface area contributed by atoms with Crippen molar-refractivity contribution < 1.29 is 9.47 Å². The number of pyridine rings is 1. The molecule has 0 bridgehead atoms. The van der Waals surface area contributed by atoms with Gasteiger partial charge in [0.15, 0.2) is 0 Å². The lowest BCUT2D eigenvalue weighted by Gasteiger charge is -2.16. The smallest absolute Gasteiger partial charge is 0.127 e. The molecule has 0 aliphatic carbocycles. The Balaban J connectivity index is 2.08. The minimum atomic E-state index is 0.192. The summed E-state index contributed by atoms with van der Waals surface area (Å²) < 4.78 is 11.3. The van der Waals surface area contributed by atoms with Gasteiger partial charge in [0.1, 0.15) is 11.9 Å². The van der Waals surface area contributed by atoms with Crippen LogP contribution in [0.25, 0.3) is 0 Å². The summed E-state index contributed by atoms with van der Waals surface area (Å²) in [7, 11) is 0. The summed E-state index contributed by atoms with van der Waals surface area (Å²) in [6.45, 7) is 7.31. The van der Waals surface area contributed by atoms with Gasteiger partial charge in [-0.1, -0.05) is 6.92 Å². The van der Waals surface area contributed by atoms with E-state index in [1.807, 2.05) is 19.2 Å². The molecule has 1 aliphatic heterocycles. The zero-order valence-corrected chi connectivity index (χ0v) is 10.5. The summed E-state index contributed by atoms with van der Waals surface area (Å²) in [6, 6.07) is 2.00. The first-order chi connectivity index (χ1) is 8.29. The number of aryl methyl sites for hydroxylation is 1. The monoisotopic (exact) mass is 236 g/mol. The van der Waals surface area contributed by atoms with Gasteiger partial charge in [-0.05, 0) is 13.5 Å². The largest absolute Gasteiger partial charge is 0.487 e. The van der Waals surface area contributed by atoms with Crippen molar-refractivity contribution in [2.24, 2.45) is 0 Å². The number of hydrogen-bond acceptors (Lipinski definition) is 4. The molecule has 0 spiro atoms. The predicted octanol–water partition coefficient (Wildman–Crippen LogP) is 1.67. The van der Waals surface area contributed by atoms with Crippen molar-refractivity contribution in [3.63, 3.8) is 0 Å². The molecule has 2 rings (SSSR count). The number of hydrogen-bond donors (Lipinski definition) is 1. The fourth-order valence-electron chi connectivity index (χ4n) is 1.85. The molecule has 2 heterocycles. The third-order valence-corrected chi connectivity index (χ3v) is 2.83. The molecule has 0 radical (unpaired) electrons. The standard InChI is InChI=1S/C13H20N2O2/c1-3-14-7-11-8-15-10(2)6-13(11)17-12-4-5-16-9-12/h6,8,12,14H,3-5,7,9H2,1-2H3. The maximum Gasteiger partial charge on any atom is 0.127 e. The van der Waals surface area contributed by atoms with Crippen molar-refractivity contribution in [1.82, 2.24) is 10.3 Å². The Labute approximate surface area is 102 Å². The van der Waals surface area contributed by atoms with Crippen molar-refractivity contribution in [3.8, 4) is 5.75 Å². The van der Waals surface area contributed by atoms with Crippen LogP contribution in [0.3, 0.4) is 0 Å². The van der Waals surface area contributed by atoms with Crippen LogP contribution in [0.2, 0.25) is 0 Å². The maximum atomic E-state index is 5.98. The van der Waals surface area contributed by atoms with Gasteiger partial charge in [-0.3, -0.25) is 4.98 Å². The fraction of sp³-hybridized carbons (Fsp3) is 0.615. The maximum absolute atomic E-state index is 5.98. The van der Waals surface area contributed by atoms with Gasteiger partial charge in [-0.2, -0.15) is 0 Å². The molecule has 1 aromatic rings. The first-order valence-corrected chi connectivity index (χ1v) is 6.20. The first-order valence-electron chi connectivity index (χ1n) is 6.20. The molecule has 1 unspecified atom stereocenters. The number of ether oxygens (including phenoxy) is 2. The lowest BCUT2D eigenvalue weighted by Crippen LogP contribution is -2.19. The topological polar surface area (TPSA) is 43.4 Å². The van der Waals surface area contributed by atoms with Crippen LogP contribution in [0.15, 0.2) is 12.3 Å². The van der Waals surface area contributed by atoms with Gasteiger partial charge in [0.2, 0.25) is 0 Å². The lowest BCUT2D eigenvalue weighted by molar-refractivity contribution is 0.140. The van der Waals surface area contributed by atoms with Gasteiger partial charge in [-0.25, -0.2) is 0 Å². The molecule has 1 atom stereocenters. The molecule has 1 aromatic heterocycles. The molecule has 4 heteroatoms. The molecule has 0 aromatic carbocycles. The normalized spacial score (nSPS) is 19.5. The zero-order chi connectivity index (χ0) is 12.1. The average molecular weight is 236 g/mol. The van der Waals surface area contributed by atoms with E-state index in [0.717, 1.165) is 43.1 Å². The van der Waals surface area contributed by atoms with E-state index in [4.69, 9.17) is 9.47 Å². The highest BCUT2D eigenvalue weighted by Gasteiger charge is 2.18. The van der Waals surface area contributed by atoms with Crippen LogP contribution < -0.4 is 10.1 Å². The van der Waals surface area contributed by atoms with E-state index in [2.05, 4.69) is 17.2 Å². The third kappa shape index (κ3) is 3.41. The molecule has 1 aliphatic rings. The van der Waals surface area contributed by atoms with E-state index >= 15 is 0 Å². The van der Waals surface area contributed by atoms with Crippen LogP contribution >= 0.6 is 0 Å². The zero-order valence-electron chi connectivity index (χ0n) is 10.5. The van der Waals surface area contributed by atoms with Gasteiger partial charge in [0, 0.05) is 36.5 Å². The molecule has 1 saturated heterocycles. The predicted molar refractivity (Wildman–Crippen MR) is 66.2 cm³/mol. The van der Waals surface area contributed by atoms with E-state index in [0.29, 0.717) is 6.61 Å². The van der Waals surface area contributed by atoms with E-state index in [-0.39, 0.29) is 6.10 Å². The van der Waals surface area contributed by atoms with Crippen molar-refractivity contribution in [1.29, 1.82) is 0 Å². The lowest BCUT2D eigenvalue weighted by atomic mass is 10.2. The van der Waals surface area contributed by atoms with Crippen molar-refractivity contribution in [2.45, 2.75) is 32.9 Å². The molecule has 0 saturated carbocycles. The summed E-state index contributed by atoms with van der Waals surface area (Å²) >= 11 is 0. The Kier molecular flexibility index (Phi) is 4.34. The average Bonchev–Trinajstić information content (AvgIpc) is 2.81. The van der Waals surface area contributed by atoms with E-state index in [1.165, 1.54) is 0 Å². The van der Waals surface area contributed by atoms with Gasteiger partial charge in [0.05, 0.1) is 13.2 Å². The molecule has 0 amide bonds. The molecule has 94 valence electrons. The van der Waals surface area contributed by atoms with Crippen molar-refractivity contribution >= 4 is 0 Å². The highest BCUT2D eigenvalue weighted by molar-refractivity contribution is 5.33. The second-order valence-corrected chi connectivity index (χ2v) is 4.32. The Morgan fingerprint density at radius 2 is 2.47 bits per heavy atom. The van der Waals surface area contributed by atoms with E-state index in [1.54, 1.807) is 0 Å². The minimum Gasteiger partial charge on any atom is -0.487 e. The summed E-state index contributed by atoms with van der Waals surface area (Å²) in [5.41, 5.74) is 2.10. The highest BCUT2D eigenvalue weighted by Crippen LogP contribution is 2.22. The Hall–Kier alpha value is -1.13. The molecule has 1 N–H and O–H groups in total. The highest BCUT2D eigenvalue weighted by atomic mass is 16.5. The summed E-state index contributed by atoms with van der Waals surface area (Å²) in [6.07, 6.45) is 3.06. The Bertz CT molecular complexity index is 362. The first kappa shape index (κ1) is 12.3. The van der Waals surface area contributed by atoms with Crippen LogP contribution in [0.1, 0.15) is 24.6 Å². The van der Waals surface area contributed by atoms with E-state index in [9.17, 15) is 0 Å². The molecular formula is C13H20N2O2. The Morgan fingerprint density at radius 1 is 1.59 bits per heavy atom. The minimum absolute atomic E-state index is 0.192. The van der Waals surface area contributed by atoms with Crippen LogP contribution in [0.5, 0.6) is 5.75 Å². The Morgan fingerprint density at radius 3 is 3.18 bits per heavy atom. The third-order valence-electron chi connectivity index (χ3n) is 2.83.